The number of carbonyl (C=O) groups is 1. The van der Waals surface area contributed by atoms with Gasteiger partial charge in [0.05, 0.1) is 10.6 Å². The van der Waals surface area contributed by atoms with Gasteiger partial charge in [-0.05, 0) is 54.8 Å². The fraction of sp³-hybridized carbons (Fsp3) is 0.278. The first-order valence-electron chi connectivity index (χ1n) is 8.04. The van der Waals surface area contributed by atoms with Gasteiger partial charge >= 0.3 is 0 Å². The van der Waals surface area contributed by atoms with Crippen molar-refractivity contribution in [3.63, 3.8) is 0 Å². The van der Waals surface area contributed by atoms with Gasteiger partial charge in [-0.15, -0.1) is 0 Å². The van der Waals surface area contributed by atoms with Crippen LogP contribution in [0.3, 0.4) is 0 Å². The lowest BCUT2D eigenvalue weighted by molar-refractivity contribution is -0.118. The van der Waals surface area contributed by atoms with Crippen LogP contribution in [0.2, 0.25) is 5.02 Å². The number of hydrogen-bond donors (Lipinski definition) is 1. The predicted molar refractivity (Wildman–Crippen MR) is 99.8 cm³/mol. The second-order valence-electron chi connectivity index (χ2n) is 6.00. The number of fused-ring (bicyclic) bond motifs is 1. The van der Waals surface area contributed by atoms with Crippen molar-refractivity contribution in [2.75, 3.05) is 16.2 Å². The lowest BCUT2D eigenvalue weighted by atomic mass is 10.2. The first-order chi connectivity index (χ1) is 11.8. The molecule has 1 aliphatic heterocycles. The Bertz CT molecular complexity index is 941. The van der Waals surface area contributed by atoms with Crippen LogP contribution in [-0.4, -0.2) is 20.9 Å². The Hall–Kier alpha value is -2.05. The van der Waals surface area contributed by atoms with E-state index in [4.69, 9.17) is 11.6 Å². The summed E-state index contributed by atoms with van der Waals surface area (Å²) < 4.78 is 28.0. The number of sulfonamides is 1. The van der Waals surface area contributed by atoms with Crippen molar-refractivity contribution in [3.05, 3.63) is 52.5 Å². The van der Waals surface area contributed by atoms with Crippen molar-refractivity contribution in [3.8, 4) is 0 Å². The molecule has 0 radical (unpaired) electrons. The molecule has 0 bridgehead atoms. The van der Waals surface area contributed by atoms with Crippen LogP contribution in [0.5, 0.6) is 0 Å². The summed E-state index contributed by atoms with van der Waals surface area (Å²) in [6, 6.07) is 9.93. The number of rotatable bonds is 4. The van der Waals surface area contributed by atoms with Crippen LogP contribution in [0.1, 0.15) is 24.5 Å². The molecule has 132 valence electrons. The molecule has 0 saturated heterocycles. The number of aryl methyl sites for hydroxylation is 1. The van der Waals surface area contributed by atoms with E-state index in [1.165, 1.54) is 6.07 Å². The molecule has 5 nitrogen and oxygen atoms in total. The molecule has 0 atom stereocenters. The maximum absolute atomic E-state index is 12.7. The van der Waals surface area contributed by atoms with Crippen molar-refractivity contribution >= 4 is 38.9 Å². The minimum absolute atomic E-state index is 0.0436. The largest absolute Gasteiger partial charge is 0.312 e. The molecule has 1 N–H and O–H groups in total. The molecule has 3 rings (SSSR count). The molecule has 0 saturated carbocycles. The van der Waals surface area contributed by atoms with E-state index in [9.17, 15) is 13.2 Å². The molecular weight excluding hydrogens is 360 g/mol. The molecule has 2 aromatic rings. The number of nitrogens with one attached hydrogen (secondary N) is 1. The summed E-state index contributed by atoms with van der Waals surface area (Å²) in [5.41, 5.74) is 2.90. The van der Waals surface area contributed by atoms with E-state index >= 15 is 0 Å². The lowest BCUT2D eigenvalue weighted by Gasteiger charge is -2.17. The number of hydrogen-bond acceptors (Lipinski definition) is 3. The molecule has 0 aliphatic carbocycles. The first kappa shape index (κ1) is 17.8. The second-order valence-corrected chi connectivity index (χ2v) is 8.12. The smallest absolute Gasteiger partial charge is 0.261 e. The van der Waals surface area contributed by atoms with Crippen molar-refractivity contribution in [1.29, 1.82) is 0 Å². The van der Waals surface area contributed by atoms with Crippen LogP contribution in [-0.2, 0) is 21.2 Å². The van der Waals surface area contributed by atoms with Crippen molar-refractivity contribution in [2.45, 2.75) is 31.6 Å². The second kappa shape index (κ2) is 6.69. The van der Waals surface area contributed by atoms with E-state index in [0.717, 1.165) is 16.8 Å². The number of carbonyl (C=O) groups excluding carboxylic acids is 1. The van der Waals surface area contributed by atoms with E-state index in [1.54, 1.807) is 35.2 Å². The van der Waals surface area contributed by atoms with Crippen molar-refractivity contribution in [2.24, 2.45) is 0 Å². The number of anilines is 2. The molecule has 2 aromatic carbocycles. The molecule has 1 aliphatic rings. The number of halogens is 1. The highest BCUT2D eigenvalue weighted by atomic mass is 35.5. The summed E-state index contributed by atoms with van der Waals surface area (Å²) in [6.45, 7) is 4.22. The van der Waals surface area contributed by atoms with Crippen LogP contribution in [0.4, 0.5) is 11.4 Å². The van der Waals surface area contributed by atoms with Gasteiger partial charge in [-0.1, -0.05) is 24.6 Å². The zero-order valence-corrected chi connectivity index (χ0v) is 15.6. The maximum Gasteiger partial charge on any atom is 0.261 e. The molecule has 7 heteroatoms. The maximum atomic E-state index is 12.7. The molecule has 0 aromatic heterocycles. The minimum atomic E-state index is -3.73. The van der Waals surface area contributed by atoms with Gasteiger partial charge in [0, 0.05) is 23.7 Å². The summed E-state index contributed by atoms with van der Waals surface area (Å²) in [6.07, 6.45) is 1.08. The van der Waals surface area contributed by atoms with Crippen LogP contribution in [0, 0.1) is 6.92 Å². The Morgan fingerprint density at radius 3 is 2.72 bits per heavy atom. The summed E-state index contributed by atoms with van der Waals surface area (Å²) in [5.74, 6) is 0.0436. The molecule has 0 unspecified atom stereocenters. The summed E-state index contributed by atoms with van der Waals surface area (Å²) >= 11 is 5.96. The van der Waals surface area contributed by atoms with Crippen molar-refractivity contribution in [1.82, 2.24) is 0 Å². The monoisotopic (exact) mass is 378 g/mol. The lowest BCUT2D eigenvalue weighted by Crippen LogP contribution is -2.27. The highest BCUT2D eigenvalue weighted by Gasteiger charge is 2.26. The quantitative estimate of drug-likeness (QED) is 0.881. The van der Waals surface area contributed by atoms with Crippen LogP contribution in [0.25, 0.3) is 0 Å². The van der Waals surface area contributed by atoms with E-state index in [1.807, 2.05) is 13.8 Å². The zero-order valence-electron chi connectivity index (χ0n) is 14.0. The molecule has 1 amide bonds. The fourth-order valence-electron chi connectivity index (χ4n) is 2.90. The molecule has 0 spiro atoms. The minimum Gasteiger partial charge on any atom is -0.312 e. The molecule has 25 heavy (non-hydrogen) atoms. The highest BCUT2D eigenvalue weighted by molar-refractivity contribution is 7.92. The topological polar surface area (TPSA) is 66.5 Å². The van der Waals surface area contributed by atoms with Gasteiger partial charge < -0.3 is 4.90 Å². The van der Waals surface area contributed by atoms with Gasteiger partial charge in [-0.3, -0.25) is 9.52 Å². The Labute approximate surface area is 152 Å². The van der Waals surface area contributed by atoms with Crippen LogP contribution >= 0.6 is 11.6 Å². The third kappa shape index (κ3) is 3.50. The van der Waals surface area contributed by atoms with Crippen LogP contribution in [0.15, 0.2) is 41.3 Å². The third-order valence-electron chi connectivity index (χ3n) is 4.30. The van der Waals surface area contributed by atoms with E-state index in [0.29, 0.717) is 30.1 Å². The summed E-state index contributed by atoms with van der Waals surface area (Å²) in [5, 5.41) is 0.464. The SMILES string of the molecule is CCC(=O)N1CCc2cc(S(=O)(=O)Nc3cc(Cl)ccc3C)ccc21. The Morgan fingerprint density at radius 1 is 1.24 bits per heavy atom. The zero-order chi connectivity index (χ0) is 18.2. The average molecular weight is 379 g/mol. The fourth-order valence-corrected chi connectivity index (χ4v) is 4.25. The van der Waals surface area contributed by atoms with Gasteiger partial charge in [0.25, 0.3) is 10.0 Å². The van der Waals surface area contributed by atoms with E-state index < -0.39 is 10.0 Å². The van der Waals surface area contributed by atoms with Crippen LogP contribution < -0.4 is 9.62 Å². The molecule has 0 fully saturated rings. The Balaban J connectivity index is 1.92. The summed E-state index contributed by atoms with van der Waals surface area (Å²) in [7, 11) is -3.73. The average Bonchev–Trinajstić information content (AvgIpc) is 3.00. The Kier molecular flexibility index (Phi) is 4.75. The predicted octanol–water partition coefficient (Wildman–Crippen LogP) is 3.75. The van der Waals surface area contributed by atoms with Gasteiger partial charge in [0.15, 0.2) is 0 Å². The number of benzene rings is 2. The normalized spacial score (nSPS) is 13.6. The molecular formula is C18H19ClN2O3S. The standard InChI is InChI=1S/C18H19ClN2O3S/c1-3-18(22)21-9-8-13-10-15(6-7-17(13)21)25(23,24)20-16-11-14(19)5-4-12(16)2/h4-7,10-11,20H,3,8-9H2,1-2H3. The highest BCUT2D eigenvalue weighted by Crippen LogP contribution is 2.31. The van der Waals surface area contributed by atoms with Gasteiger partial charge in [-0.25, -0.2) is 8.42 Å². The van der Waals surface area contributed by atoms with E-state index in [2.05, 4.69) is 4.72 Å². The number of nitrogens with zero attached hydrogens (tertiary/aromatic N) is 1. The number of amides is 1. The third-order valence-corrected chi connectivity index (χ3v) is 5.90. The van der Waals surface area contributed by atoms with Gasteiger partial charge in [0.1, 0.15) is 0 Å². The first-order valence-corrected chi connectivity index (χ1v) is 9.90. The van der Waals surface area contributed by atoms with Gasteiger partial charge in [-0.2, -0.15) is 0 Å². The van der Waals surface area contributed by atoms with E-state index in [-0.39, 0.29) is 10.8 Å². The van der Waals surface area contributed by atoms with Crippen molar-refractivity contribution < 1.29 is 13.2 Å². The molecule has 1 heterocycles. The van der Waals surface area contributed by atoms with Gasteiger partial charge in [0.2, 0.25) is 5.91 Å². The Morgan fingerprint density at radius 2 is 2.00 bits per heavy atom. The summed E-state index contributed by atoms with van der Waals surface area (Å²) in [4.78, 5) is 13.8.